The van der Waals surface area contributed by atoms with Gasteiger partial charge in [0.05, 0.1) is 24.0 Å². The maximum atomic E-state index is 5.91. The Morgan fingerprint density at radius 1 is 1.15 bits per heavy atom. The van der Waals surface area contributed by atoms with E-state index in [4.69, 9.17) is 9.73 Å². The Morgan fingerprint density at radius 3 is 2.77 bits per heavy atom. The first kappa shape index (κ1) is 17.3. The number of benzene rings is 2. The van der Waals surface area contributed by atoms with Gasteiger partial charge in [0.15, 0.2) is 4.80 Å². The lowest BCUT2D eigenvalue weighted by Crippen LogP contribution is -2.24. The monoisotopic (exact) mass is 364 g/mol. The Labute approximate surface area is 158 Å². The first-order valence-corrected chi connectivity index (χ1v) is 10.1. The first-order chi connectivity index (χ1) is 12.7. The van der Waals surface area contributed by atoms with Crippen molar-refractivity contribution in [1.29, 1.82) is 0 Å². The van der Waals surface area contributed by atoms with Crippen LogP contribution in [0.25, 0.3) is 11.3 Å². The van der Waals surface area contributed by atoms with Crippen molar-refractivity contribution in [3.05, 3.63) is 69.8 Å². The molecule has 0 bridgehead atoms. The molecule has 0 spiro atoms. The van der Waals surface area contributed by atoms with Crippen LogP contribution in [0.5, 0.6) is 0 Å². The second kappa shape index (κ2) is 7.60. The van der Waals surface area contributed by atoms with Crippen LogP contribution in [0.15, 0.2) is 58.9 Å². The quantitative estimate of drug-likeness (QED) is 0.621. The van der Waals surface area contributed by atoms with Gasteiger partial charge in [-0.1, -0.05) is 42.5 Å². The van der Waals surface area contributed by atoms with Crippen LogP contribution in [-0.2, 0) is 11.3 Å². The van der Waals surface area contributed by atoms with Crippen LogP contribution in [0.2, 0.25) is 0 Å². The lowest BCUT2D eigenvalue weighted by molar-refractivity contribution is 0.0968. The largest absolute Gasteiger partial charge is 0.376 e. The summed E-state index contributed by atoms with van der Waals surface area (Å²) in [5, 5.41) is 2.22. The van der Waals surface area contributed by atoms with Crippen molar-refractivity contribution in [2.75, 3.05) is 6.61 Å². The van der Waals surface area contributed by atoms with Crippen LogP contribution in [0.3, 0.4) is 0 Å². The SMILES string of the molecule is Cc1ccc(C)c(N=c2scc(-c3ccccc3)n2CC2CCCO2)c1. The van der Waals surface area contributed by atoms with Gasteiger partial charge in [-0.15, -0.1) is 11.3 Å². The highest BCUT2D eigenvalue weighted by atomic mass is 32.1. The molecule has 1 atom stereocenters. The molecule has 1 aliphatic heterocycles. The number of aromatic nitrogens is 1. The lowest BCUT2D eigenvalue weighted by atomic mass is 10.1. The zero-order valence-corrected chi connectivity index (χ0v) is 16.1. The summed E-state index contributed by atoms with van der Waals surface area (Å²) < 4.78 is 8.24. The molecule has 134 valence electrons. The summed E-state index contributed by atoms with van der Waals surface area (Å²) >= 11 is 1.70. The summed E-state index contributed by atoms with van der Waals surface area (Å²) in [6.07, 6.45) is 2.56. The standard InChI is InChI=1S/C22H24N2OS/c1-16-10-11-17(2)20(13-16)23-22-24(14-19-9-6-12-25-19)21(15-26-22)18-7-4-3-5-8-18/h3-5,7-8,10-11,13,15,19H,6,9,12,14H2,1-2H3. The summed E-state index contributed by atoms with van der Waals surface area (Å²) in [6, 6.07) is 17.0. The van der Waals surface area contributed by atoms with Gasteiger partial charge in [-0.25, -0.2) is 4.99 Å². The van der Waals surface area contributed by atoms with Crippen LogP contribution >= 0.6 is 11.3 Å². The smallest absolute Gasteiger partial charge is 0.190 e. The highest BCUT2D eigenvalue weighted by Crippen LogP contribution is 2.24. The van der Waals surface area contributed by atoms with Crippen molar-refractivity contribution in [3.8, 4) is 11.3 Å². The van der Waals surface area contributed by atoms with Crippen LogP contribution in [0.1, 0.15) is 24.0 Å². The molecule has 2 heterocycles. The molecule has 3 aromatic rings. The predicted octanol–water partition coefficient (Wildman–Crippen LogP) is 5.24. The number of thiazole rings is 1. The van der Waals surface area contributed by atoms with Gasteiger partial charge < -0.3 is 9.30 Å². The highest BCUT2D eigenvalue weighted by molar-refractivity contribution is 7.07. The molecule has 1 aliphatic rings. The van der Waals surface area contributed by atoms with Crippen molar-refractivity contribution in [2.45, 2.75) is 39.3 Å². The molecule has 0 aliphatic carbocycles. The third kappa shape index (κ3) is 3.67. The van der Waals surface area contributed by atoms with Crippen molar-refractivity contribution in [3.63, 3.8) is 0 Å². The van der Waals surface area contributed by atoms with E-state index in [0.717, 1.165) is 36.5 Å². The average Bonchev–Trinajstić information content (AvgIpc) is 3.30. The van der Waals surface area contributed by atoms with E-state index in [2.05, 4.69) is 72.3 Å². The minimum absolute atomic E-state index is 0.282. The van der Waals surface area contributed by atoms with Gasteiger partial charge in [-0.2, -0.15) is 0 Å². The molecule has 4 heteroatoms. The maximum absolute atomic E-state index is 5.91. The third-order valence-corrected chi connectivity index (χ3v) is 5.72. The molecule has 0 amide bonds. The van der Waals surface area contributed by atoms with Crippen LogP contribution in [0, 0.1) is 13.8 Å². The van der Waals surface area contributed by atoms with Crippen molar-refractivity contribution < 1.29 is 4.74 Å². The Morgan fingerprint density at radius 2 is 2.00 bits per heavy atom. The third-order valence-electron chi connectivity index (χ3n) is 4.86. The van der Waals surface area contributed by atoms with E-state index in [1.54, 1.807) is 11.3 Å². The zero-order chi connectivity index (χ0) is 17.9. The summed E-state index contributed by atoms with van der Waals surface area (Å²) in [7, 11) is 0. The van der Waals surface area contributed by atoms with Gasteiger partial charge in [0, 0.05) is 12.0 Å². The number of hydrogen-bond acceptors (Lipinski definition) is 3. The average molecular weight is 365 g/mol. The molecule has 0 N–H and O–H groups in total. The molecule has 0 saturated carbocycles. The van der Waals surface area contributed by atoms with E-state index in [0.29, 0.717) is 0 Å². The molecule has 1 unspecified atom stereocenters. The highest BCUT2D eigenvalue weighted by Gasteiger charge is 2.19. The fraction of sp³-hybridized carbons (Fsp3) is 0.318. The van der Waals surface area contributed by atoms with Crippen LogP contribution in [-0.4, -0.2) is 17.3 Å². The second-order valence-electron chi connectivity index (χ2n) is 6.92. The molecular formula is C22H24N2OS. The Balaban J connectivity index is 1.82. The van der Waals surface area contributed by atoms with Gasteiger partial charge in [-0.3, -0.25) is 0 Å². The molecule has 1 fully saturated rings. The van der Waals surface area contributed by atoms with E-state index in [9.17, 15) is 0 Å². The van der Waals surface area contributed by atoms with Gasteiger partial charge in [-0.05, 0) is 49.4 Å². The Kier molecular flexibility index (Phi) is 5.05. The summed E-state index contributed by atoms with van der Waals surface area (Å²) in [5.74, 6) is 0. The zero-order valence-electron chi connectivity index (χ0n) is 15.3. The molecule has 0 radical (unpaired) electrons. The van der Waals surface area contributed by atoms with Crippen LogP contribution < -0.4 is 4.80 Å². The van der Waals surface area contributed by atoms with Gasteiger partial charge in [0.1, 0.15) is 0 Å². The topological polar surface area (TPSA) is 26.5 Å². The molecular weight excluding hydrogens is 340 g/mol. The summed E-state index contributed by atoms with van der Waals surface area (Å²) in [5.41, 5.74) is 5.93. The Bertz CT molecular complexity index is 950. The van der Waals surface area contributed by atoms with E-state index in [-0.39, 0.29) is 6.10 Å². The fourth-order valence-electron chi connectivity index (χ4n) is 3.37. The number of aryl methyl sites for hydroxylation is 2. The number of ether oxygens (including phenoxy) is 1. The molecule has 1 saturated heterocycles. The molecule has 2 aromatic carbocycles. The van der Waals surface area contributed by atoms with Gasteiger partial charge in [0.25, 0.3) is 0 Å². The van der Waals surface area contributed by atoms with E-state index >= 15 is 0 Å². The molecule has 3 nitrogen and oxygen atoms in total. The first-order valence-electron chi connectivity index (χ1n) is 9.18. The fourth-order valence-corrected chi connectivity index (χ4v) is 4.30. The van der Waals surface area contributed by atoms with Crippen molar-refractivity contribution >= 4 is 17.0 Å². The van der Waals surface area contributed by atoms with E-state index < -0.39 is 0 Å². The van der Waals surface area contributed by atoms with Crippen LogP contribution in [0.4, 0.5) is 5.69 Å². The summed E-state index contributed by atoms with van der Waals surface area (Å²) in [6.45, 7) is 5.97. The normalized spacial score (nSPS) is 17.8. The van der Waals surface area contributed by atoms with E-state index in [1.807, 2.05) is 0 Å². The maximum Gasteiger partial charge on any atom is 0.190 e. The minimum Gasteiger partial charge on any atom is -0.376 e. The predicted molar refractivity (Wildman–Crippen MR) is 108 cm³/mol. The minimum atomic E-state index is 0.282. The Hall–Kier alpha value is -2.17. The molecule has 4 rings (SSSR count). The van der Waals surface area contributed by atoms with Crippen molar-refractivity contribution in [1.82, 2.24) is 4.57 Å². The van der Waals surface area contributed by atoms with Gasteiger partial charge >= 0.3 is 0 Å². The number of hydrogen-bond donors (Lipinski definition) is 0. The molecule has 1 aromatic heterocycles. The lowest BCUT2D eigenvalue weighted by Gasteiger charge is -2.14. The van der Waals surface area contributed by atoms with Crippen molar-refractivity contribution in [2.24, 2.45) is 4.99 Å². The number of nitrogens with zero attached hydrogens (tertiary/aromatic N) is 2. The molecule has 26 heavy (non-hydrogen) atoms. The second-order valence-corrected chi connectivity index (χ2v) is 7.75. The summed E-state index contributed by atoms with van der Waals surface area (Å²) in [4.78, 5) is 6.05. The van der Waals surface area contributed by atoms with E-state index in [1.165, 1.54) is 22.4 Å². The number of rotatable bonds is 4. The van der Waals surface area contributed by atoms with Gasteiger partial charge in [0.2, 0.25) is 0 Å².